The topological polar surface area (TPSA) is 151 Å². The van der Waals surface area contributed by atoms with Crippen molar-refractivity contribution in [3.63, 3.8) is 0 Å². The molecule has 0 aliphatic rings. The highest BCUT2D eigenvalue weighted by Crippen LogP contribution is 2.21. The number of nitrogens with two attached hydrogens (primary N) is 1. The molecule has 4 rings (SSSR count). The number of benzene rings is 2. The Kier molecular flexibility index (Phi) is 5.50. The number of para-hydroxylation sites is 1. The Hall–Kier alpha value is -3.61. The normalized spacial score (nSPS) is 12.4. The van der Waals surface area contributed by atoms with Crippen LogP contribution in [-0.4, -0.2) is 32.0 Å². The van der Waals surface area contributed by atoms with E-state index in [2.05, 4.69) is 4.99 Å². The van der Waals surface area contributed by atoms with Crippen LogP contribution in [0.15, 0.2) is 67.6 Å². The van der Waals surface area contributed by atoms with Gasteiger partial charge in [0, 0.05) is 5.39 Å². The third kappa shape index (κ3) is 4.10. The van der Waals surface area contributed by atoms with E-state index in [1.807, 2.05) is 0 Å². The third-order valence-corrected chi connectivity index (χ3v) is 6.52. The molecule has 1 amide bonds. The summed E-state index contributed by atoms with van der Waals surface area (Å²) >= 11 is 0.954. The highest BCUT2D eigenvalue weighted by Gasteiger charge is 2.17. The first-order chi connectivity index (χ1) is 15.2. The van der Waals surface area contributed by atoms with Crippen molar-refractivity contribution in [1.82, 2.24) is 4.57 Å². The summed E-state index contributed by atoms with van der Waals surface area (Å²) in [6.45, 7) is -0.288. The number of carbonyl (C=O) groups excluding carboxylic acids is 2. The van der Waals surface area contributed by atoms with E-state index in [1.54, 1.807) is 24.3 Å². The fraction of sp³-hybridized carbons (Fsp3) is 0.100. The number of primary sulfonamides is 1. The first-order valence-corrected chi connectivity index (χ1v) is 11.4. The Bertz CT molecular complexity index is 1630. The molecule has 0 fully saturated rings. The van der Waals surface area contributed by atoms with Gasteiger partial charge in [-0.2, -0.15) is 4.99 Å². The second kappa shape index (κ2) is 8.15. The van der Waals surface area contributed by atoms with Crippen LogP contribution in [0.3, 0.4) is 0 Å². The second-order valence-electron chi connectivity index (χ2n) is 6.62. The molecule has 0 saturated carbocycles. The van der Waals surface area contributed by atoms with Gasteiger partial charge in [0.25, 0.3) is 5.91 Å². The molecule has 10 nitrogen and oxygen atoms in total. The van der Waals surface area contributed by atoms with Crippen molar-refractivity contribution in [2.24, 2.45) is 10.1 Å². The fourth-order valence-corrected chi connectivity index (χ4v) is 4.70. The summed E-state index contributed by atoms with van der Waals surface area (Å²) in [5.41, 5.74) is -0.373. The molecule has 164 valence electrons. The van der Waals surface area contributed by atoms with Crippen molar-refractivity contribution in [2.45, 2.75) is 11.4 Å². The van der Waals surface area contributed by atoms with E-state index in [9.17, 15) is 22.8 Å². The molecule has 12 heteroatoms. The Labute approximate surface area is 184 Å². The van der Waals surface area contributed by atoms with Crippen LogP contribution in [0.25, 0.3) is 21.2 Å². The number of rotatable bonds is 4. The predicted molar refractivity (Wildman–Crippen MR) is 116 cm³/mol. The summed E-state index contributed by atoms with van der Waals surface area (Å²) in [4.78, 5) is 41.0. The summed E-state index contributed by atoms with van der Waals surface area (Å²) < 4.78 is 35.0. The summed E-state index contributed by atoms with van der Waals surface area (Å²) in [6.07, 6.45) is 0. The average Bonchev–Trinajstić information content (AvgIpc) is 3.08. The quantitative estimate of drug-likeness (QED) is 0.347. The van der Waals surface area contributed by atoms with Crippen molar-refractivity contribution >= 4 is 54.4 Å². The van der Waals surface area contributed by atoms with Crippen LogP contribution in [-0.2, 0) is 26.1 Å². The molecule has 2 heterocycles. The molecule has 2 aromatic heterocycles. The molecule has 0 radical (unpaired) electrons. The molecule has 4 aromatic rings. The number of aromatic nitrogens is 1. The maximum absolute atomic E-state index is 12.8. The molecule has 32 heavy (non-hydrogen) atoms. The molecule has 0 unspecified atom stereocenters. The molecule has 0 spiro atoms. The highest BCUT2D eigenvalue weighted by atomic mass is 32.2. The average molecular weight is 473 g/mol. The first kappa shape index (κ1) is 21.6. The van der Waals surface area contributed by atoms with E-state index < -0.39 is 27.5 Å². The minimum Gasteiger partial charge on any atom is -0.468 e. The van der Waals surface area contributed by atoms with Gasteiger partial charge in [0.05, 0.1) is 22.2 Å². The van der Waals surface area contributed by atoms with Gasteiger partial charge >= 0.3 is 11.6 Å². The van der Waals surface area contributed by atoms with E-state index in [4.69, 9.17) is 14.3 Å². The molecule has 0 aliphatic carbocycles. The summed E-state index contributed by atoms with van der Waals surface area (Å²) in [6, 6.07) is 12.1. The van der Waals surface area contributed by atoms with Crippen LogP contribution >= 0.6 is 11.3 Å². The van der Waals surface area contributed by atoms with E-state index >= 15 is 0 Å². The van der Waals surface area contributed by atoms with E-state index in [1.165, 1.54) is 35.9 Å². The molecule has 2 N–H and O–H groups in total. The number of hydrogen-bond acceptors (Lipinski definition) is 8. The standard InChI is InChI=1S/C20H15N3O7S2/c1-29-17(24)10-23-14-7-6-12(32(21,27)28)9-16(14)31-20(23)22-18(25)13-8-11-4-2-3-5-15(11)30-19(13)26/h2-9H,10H2,1H3,(H2,21,27,28). The number of esters is 1. The van der Waals surface area contributed by atoms with Gasteiger partial charge in [-0.15, -0.1) is 0 Å². The molecule has 0 bridgehead atoms. The maximum Gasteiger partial charge on any atom is 0.349 e. The number of amides is 1. The van der Waals surface area contributed by atoms with Crippen LogP contribution in [0.2, 0.25) is 0 Å². The fourth-order valence-electron chi connectivity index (χ4n) is 3.02. The third-order valence-electron chi connectivity index (χ3n) is 4.57. The number of hydrogen-bond donors (Lipinski definition) is 1. The van der Waals surface area contributed by atoms with Gasteiger partial charge in [0.1, 0.15) is 17.7 Å². The maximum atomic E-state index is 12.8. The lowest BCUT2D eigenvalue weighted by atomic mass is 10.2. The number of ether oxygens (including phenoxy) is 1. The lowest BCUT2D eigenvalue weighted by Crippen LogP contribution is -2.23. The largest absolute Gasteiger partial charge is 0.468 e. The number of nitrogens with zero attached hydrogens (tertiary/aromatic N) is 2. The van der Waals surface area contributed by atoms with Crippen LogP contribution in [0, 0.1) is 0 Å². The number of carbonyl (C=O) groups is 2. The molecule has 2 aromatic carbocycles. The molecule has 0 atom stereocenters. The summed E-state index contributed by atoms with van der Waals surface area (Å²) in [5, 5.41) is 5.73. The van der Waals surface area contributed by atoms with Gasteiger partial charge in [-0.1, -0.05) is 29.5 Å². The van der Waals surface area contributed by atoms with E-state index in [0.29, 0.717) is 21.2 Å². The zero-order valence-electron chi connectivity index (χ0n) is 16.5. The van der Waals surface area contributed by atoms with Crippen LogP contribution in [0.4, 0.5) is 0 Å². The number of fused-ring (bicyclic) bond motifs is 2. The monoisotopic (exact) mass is 473 g/mol. The zero-order valence-corrected chi connectivity index (χ0v) is 18.1. The van der Waals surface area contributed by atoms with E-state index in [-0.39, 0.29) is 21.8 Å². The van der Waals surface area contributed by atoms with Crippen LogP contribution in [0.1, 0.15) is 10.4 Å². The van der Waals surface area contributed by atoms with Crippen molar-refractivity contribution in [3.8, 4) is 0 Å². The van der Waals surface area contributed by atoms with Gasteiger partial charge in [0.15, 0.2) is 4.80 Å². The summed E-state index contributed by atoms with van der Waals surface area (Å²) in [7, 11) is -2.76. The van der Waals surface area contributed by atoms with Crippen LogP contribution < -0.4 is 15.6 Å². The molecular weight excluding hydrogens is 458 g/mol. The van der Waals surface area contributed by atoms with Gasteiger partial charge in [-0.3, -0.25) is 9.59 Å². The number of sulfonamides is 1. The van der Waals surface area contributed by atoms with Crippen molar-refractivity contribution < 1.29 is 27.2 Å². The van der Waals surface area contributed by atoms with Gasteiger partial charge < -0.3 is 13.7 Å². The van der Waals surface area contributed by atoms with Gasteiger partial charge in [-0.25, -0.2) is 18.4 Å². The Morgan fingerprint density at radius 2 is 1.94 bits per heavy atom. The minimum absolute atomic E-state index is 0.0644. The number of thiazole rings is 1. The first-order valence-electron chi connectivity index (χ1n) is 9.02. The highest BCUT2D eigenvalue weighted by molar-refractivity contribution is 7.89. The van der Waals surface area contributed by atoms with Crippen molar-refractivity contribution in [2.75, 3.05) is 7.11 Å². The summed E-state index contributed by atoms with van der Waals surface area (Å²) in [5.74, 6) is -1.49. The smallest absolute Gasteiger partial charge is 0.349 e. The van der Waals surface area contributed by atoms with Crippen LogP contribution in [0.5, 0.6) is 0 Å². The second-order valence-corrected chi connectivity index (χ2v) is 9.19. The van der Waals surface area contributed by atoms with Crippen molar-refractivity contribution in [1.29, 1.82) is 0 Å². The molecular formula is C20H15N3O7S2. The molecule has 0 aliphatic heterocycles. The predicted octanol–water partition coefficient (Wildman–Crippen LogP) is 1.37. The SMILES string of the molecule is COC(=O)Cn1c(=NC(=O)c2cc3ccccc3oc2=O)sc2cc(S(N)(=O)=O)ccc21. The van der Waals surface area contributed by atoms with E-state index in [0.717, 1.165) is 11.3 Å². The van der Waals surface area contributed by atoms with Gasteiger partial charge in [-0.05, 0) is 30.3 Å². The van der Waals surface area contributed by atoms with Crippen molar-refractivity contribution in [3.05, 3.63) is 69.3 Å². The Balaban J connectivity index is 1.91. The Morgan fingerprint density at radius 1 is 1.19 bits per heavy atom. The lowest BCUT2D eigenvalue weighted by Gasteiger charge is -2.04. The number of methoxy groups -OCH3 is 1. The lowest BCUT2D eigenvalue weighted by molar-refractivity contribution is -0.141. The van der Waals surface area contributed by atoms with Gasteiger partial charge in [0.2, 0.25) is 10.0 Å². The molecule has 0 saturated heterocycles. The minimum atomic E-state index is -3.96. The zero-order chi connectivity index (χ0) is 23.0. The Morgan fingerprint density at radius 3 is 2.66 bits per heavy atom.